The Morgan fingerprint density at radius 1 is 1.07 bits per heavy atom. The van der Waals surface area contributed by atoms with Crippen molar-refractivity contribution in [2.75, 3.05) is 46.8 Å². The van der Waals surface area contributed by atoms with Gasteiger partial charge in [0.15, 0.2) is 0 Å². The lowest BCUT2D eigenvalue weighted by Gasteiger charge is -2.44. The fourth-order valence-electron chi connectivity index (χ4n) is 5.76. The molecule has 3 heterocycles. The molecule has 0 atom stereocenters. The smallest absolute Gasteiger partial charge is 0.319 e. The van der Waals surface area contributed by atoms with Crippen molar-refractivity contribution in [3.05, 3.63) is 0 Å². The number of carbonyl (C=O) groups excluding carboxylic acids is 2. The van der Waals surface area contributed by atoms with Crippen LogP contribution in [0.3, 0.4) is 0 Å². The van der Waals surface area contributed by atoms with E-state index in [0.29, 0.717) is 45.6 Å². The summed E-state index contributed by atoms with van der Waals surface area (Å²) in [5.74, 6) is 0.218. The fraction of sp³-hybridized carbons (Fsp3) is 0.900. The zero-order chi connectivity index (χ0) is 21.0. The molecule has 8 nitrogen and oxygen atoms in total. The van der Waals surface area contributed by atoms with Crippen LogP contribution in [0.15, 0.2) is 0 Å². The van der Waals surface area contributed by atoms with Gasteiger partial charge in [-0.15, -0.1) is 0 Å². The second kappa shape index (κ2) is 7.11. The molecular formula is C20H34N4O4S. The molecule has 0 unspecified atom stereocenters. The van der Waals surface area contributed by atoms with Gasteiger partial charge in [-0.25, -0.2) is 17.5 Å². The summed E-state index contributed by atoms with van der Waals surface area (Å²) in [6.07, 6.45) is 5.22. The molecule has 0 aromatic heterocycles. The Kier molecular flexibility index (Phi) is 5.13. The Bertz CT molecular complexity index is 776. The normalized spacial score (nSPS) is 27.1. The molecule has 2 spiro atoms. The molecular weight excluding hydrogens is 392 g/mol. The standard InChI is InChI=1S/C20H34N4O4S/c1-4-24-17(25)19(7-11-22(12-8-19)18(26)21(2)3)15-20(24)9-13-23(14-10-20)29(27,28)16-5-6-16/h16H,4-15H2,1-3H3. The monoisotopic (exact) mass is 426 g/mol. The maximum atomic E-state index is 13.5. The molecule has 0 radical (unpaired) electrons. The van der Waals surface area contributed by atoms with Crippen LogP contribution in [0.2, 0.25) is 0 Å². The van der Waals surface area contributed by atoms with Crippen LogP contribution in [0.25, 0.3) is 0 Å². The number of sulfonamides is 1. The van der Waals surface area contributed by atoms with E-state index in [0.717, 1.165) is 32.1 Å². The third-order valence-corrected chi connectivity index (χ3v) is 9.99. The number of nitrogens with zero attached hydrogens (tertiary/aromatic N) is 4. The summed E-state index contributed by atoms with van der Waals surface area (Å²) in [7, 11) is 0.359. The number of piperidine rings is 2. The van der Waals surface area contributed by atoms with Crippen LogP contribution in [-0.2, 0) is 14.8 Å². The molecule has 4 rings (SSSR count). The predicted molar refractivity (Wildman–Crippen MR) is 110 cm³/mol. The lowest BCUT2D eigenvalue weighted by molar-refractivity contribution is -0.140. The van der Waals surface area contributed by atoms with E-state index in [1.54, 1.807) is 23.3 Å². The van der Waals surface area contributed by atoms with Gasteiger partial charge in [0.2, 0.25) is 15.9 Å². The van der Waals surface area contributed by atoms with E-state index in [1.165, 1.54) is 0 Å². The molecule has 4 fully saturated rings. The first-order chi connectivity index (χ1) is 13.7. The Labute approximate surface area is 174 Å². The summed E-state index contributed by atoms with van der Waals surface area (Å²) in [6, 6.07) is 0.00551. The Hall–Kier alpha value is -1.35. The van der Waals surface area contributed by atoms with Crippen LogP contribution in [0.4, 0.5) is 4.79 Å². The van der Waals surface area contributed by atoms with Gasteiger partial charge in [-0.1, -0.05) is 0 Å². The third kappa shape index (κ3) is 3.34. The molecule has 0 N–H and O–H groups in total. The summed E-state index contributed by atoms with van der Waals surface area (Å²) in [4.78, 5) is 31.2. The highest BCUT2D eigenvalue weighted by Gasteiger charge is 2.60. The van der Waals surface area contributed by atoms with Crippen molar-refractivity contribution in [3.63, 3.8) is 0 Å². The SMILES string of the molecule is CCN1C(=O)C2(CCN(C(=O)N(C)C)CC2)CC12CCN(S(=O)(=O)C1CC1)CC2. The van der Waals surface area contributed by atoms with Crippen LogP contribution in [-0.4, -0.2) is 97.0 Å². The maximum absolute atomic E-state index is 13.5. The largest absolute Gasteiger partial charge is 0.337 e. The molecule has 0 bridgehead atoms. The van der Waals surface area contributed by atoms with Crippen molar-refractivity contribution in [2.24, 2.45) is 5.41 Å². The fourth-order valence-corrected chi connectivity index (χ4v) is 7.61. The number of carbonyl (C=O) groups is 2. The van der Waals surface area contributed by atoms with Gasteiger partial charge in [0.25, 0.3) is 0 Å². The molecule has 29 heavy (non-hydrogen) atoms. The van der Waals surface area contributed by atoms with Gasteiger partial charge in [-0.05, 0) is 51.9 Å². The summed E-state index contributed by atoms with van der Waals surface area (Å²) >= 11 is 0. The van der Waals surface area contributed by atoms with E-state index in [-0.39, 0.29) is 22.7 Å². The highest BCUT2D eigenvalue weighted by Crippen LogP contribution is 2.53. The van der Waals surface area contributed by atoms with Gasteiger partial charge in [-0.2, -0.15) is 0 Å². The van der Waals surface area contributed by atoms with E-state index in [2.05, 4.69) is 0 Å². The molecule has 3 amide bonds. The lowest BCUT2D eigenvalue weighted by Crippen LogP contribution is -2.54. The summed E-state index contributed by atoms with van der Waals surface area (Å²) in [6.45, 7) is 4.94. The number of hydrogen-bond acceptors (Lipinski definition) is 4. The van der Waals surface area contributed by atoms with Crippen molar-refractivity contribution in [1.82, 2.24) is 19.0 Å². The summed E-state index contributed by atoms with van der Waals surface area (Å²) < 4.78 is 26.9. The molecule has 4 aliphatic rings. The Morgan fingerprint density at radius 2 is 1.66 bits per heavy atom. The van der Waals surface area contributed by atoms with E-state index in [4.69, 9.17) is 0 Å². The number of rotatable bonds is 3. The first kappa shape index (κ1) is 20.9. The van der Waals surface area contributed by atoms with Crippen LogP contribution in [0.5, 0.6) is 0 Å². The number of likely N-dealkylation sites (tertiary alicyclic amines) is 2. The minimum atomic E-state index is -3.15. The van der Waals surface area contributed by atoms with E-state index >= 15 is 0 Å². The number of hydrogen-bond donors (Lipinski definition) is 0. The second-order valence-corrected chi connectivity index (χ2v) is 11.8. The molecule has 1 saturated carbocycles. The van der Waals surface area contributed by atoms with E-state index in [9.17, 15) is 18.0 Å². The van der Waals surface area contributed by atoms with Gasteiger partial charge in [0.1, 0.15) is 0 Å². The minimum absolute atomic E-state index is 0.00551. The summed E-state index contributed by atoms with van der Waals surface area (Å²) in [5, 5.41) is -0.172. The summed E-state index contributed by atoms with van der Waals surface area (Å²) in [5.41, 5.74) is -0.619. The minimum Gasteiger partial charge on any atom is -0.337 e. The maximum Gasteiger partial charge on any atom is 0.319 e. The van der Waals surface area contributed by atoms with Crippen molar-refractivity contribution in [2.45, 2.75) is 62.7 Å². The molecule has 3 saturated heterocycles. The predicted octanol–water partition coefficient (Wildman–Crippen LogP) is 1.33. The van der Waals surface area contributed by atoms with E-state index < -0.39 is 15.4 Å². The zero-order valence-corrected chi connectivity index (χ0v) is 18.7. The van der Waals surface area contributed by atoms with Crippen LogP contribution in [0.1, 0.15) is 51.9 Å². The van der Waals surface area contributed by atoms with Crippen LogP contribution in [0, 0.1) is 5.41 Å². The van der Waals surface area contributed by atoms with Gasteiger partial charge in [0, 0.05) is 52.4 Å². The van der Waals surface area contributed by atoms with Gasteiger partial charge in [-0.3, -0.25) is 4.79 Å². The average molecular weight is 427 g/mol. The average Bonchev–Trinajstić information content (AvgIpc) is 3.52. The Balaban J connectivity index is 1.47. The molecule has 0 aromatic carbocycles. The molecule has 3 aliphatic heterocycles. The molecule has 0 aromatic rings. The van der Waals surface area contributed by atoms with Crippen LogP contribution >= 0.6 is 0 Å². The third-order valence-electron chi connectivity index (χ3n) is 7.59. The molecule has 9 heteroatoms. The quantitative estimate of drug-likeness (QED) is 0.682. The van der Waals surface area contributed by atoms with Gasteiger partial charge < -0.3 is 14.7 Å². The number of amides is 3. The van der Waals surface area contributed by atoms with Gasteiger partial charge in [0.05, 0.1) is 10.7 Å². The molecule has 1 aliphatic carbocycles. The van der Waals surface area contributed by atoms with Crippen molar-refractivity contribution in [1.29, 1.82) is 0 Å². The first-order valence-electron chi connectivity index (χ1n) is 10.9. The van der Waals surface area contributed by atoms with Crippen LogP contribution < -0.4 is 0 Å². The zero-order valence-electron chi connectivity index (χ0n) is 17.9. The molecule has 164 valence electrons. The second-order valence-electron chi connectivity index (χ2n) is 9.54. The van der Waals surface area contributed by atoms with Crippen molar-refractivity contribution >= 4 is 22.0 Å². The lowest BCUT2D eigenvalue weighted by atomic mass is 9.71. The van der Waals surface area contributed by atoms with Crippen molar-refractivity contribution < 1.29 is 18.0 Å². The Morgan fingerprint density at radius 3 is 2.14 bits per heavy atom. The van der Waals surface area contributed by atoms with Crippen molar-refractivity contribution in [3.8, 4) is 0 Å². The number of urea groups is 1. The van der Waals surface area contributed by atoms with Gasteiger partial charge >= 0.3 is 6.03 Å². The highest BCUT2D eigenvalue weighted by molar-refractivity contribution is 7.90. The van der Waals surface area contributed by atoms with E-state index in [1.807, 2.05) is 16.7 Å². The topological polar surface area (TPSA) is 81.2 Å². The first-order valence-corrected chi connectivity index (χ1v) is 12.4. The highest BCUT2D eigenvalue weighted by atomic mass is 32.2.